The molecule has 0 fully saturated rings. The molecule has 0 saturated carbocycles. The molecule has 0 aromatic heterocycles. The van der Waals surface area contributed by atoms with Crippen LogP contribution in [0.4, 0.5) is 0 Å². The van der Waals surface area contributed by atoms with Crippen molar-refractivity contribution >= 4 is 5.97 Å². The largest absolute Gasteiger partial charge is 0.481 e. The fraction of sp³-hybridized carbons (Fsp3) is 0.750. The monoisotopic (exact) mass is 106 g/mol. The molecule has 44 valence electrons. The van der Waals surface area contributed by atoms with Gasteiger partial charge in [0.05, 0.1) is 0 Å². The molecular formula is C4H10O3. The molecular weight excluding hydrogens is 96.0 g/mol. The summed E-state index contributed by atoms with van der Waals surface area (Å²) >= 11 is 0. The SMILES string of the molecule is CCCC(=O)O.O. The Kier molecular flexibility index (Phi) is 7.49. The predicted molar refractivity (Wildman–Crippen MR) is 26.2 cm³/mol. The highest BCUT2D eigenvalue weighted by atomic mass is 16.4. The Morgan fingerprint density at radius 2 is 2.14 bits per heavy atom. The summed E-state index contributed by atoms with van der Waals surface area (Å²) in [5.41, 5.74) is 0. The van der Waals surface area contributed by atoms with E-state index in [-0.39, 0.29) is 5.48 Å². The van der Waals surface area contributed by atoms with Gasteiger partial charge in [-0.15, -0.1) is 0 Å². The third-order valence-electron chi connectivity index (χ3n) is 0.464. The van der Waals surface area contributed by atoms with Gasteiger partial charge < -0.3 is 10.6 Å². The quantitative estimate of drug-likeness (QED) is 0.540. The lowest BCUT2D eigenvalue weighted by atomic mass is 10.4. The highest BCUT2D eigenvalue weighted by molar-refractivity contribution is 5.66. The van der Waals surface area contributed by atoms with Crippen molar-refractivity contribution in [3.05, 3.63) is 0 Å². The zero-order valence-electron chi connectivity index (χ0n) is 4.27. The van der Waals surface area contributed by atoms with Crippen LogP contribution in [0.5, 0.6) is 0 Å². The van der Waals surface area contributed by atoms with Crippen LogP contribution in [-0.2, 0) is 4.79 Å². The fourth-order valence-electron chi connectivity index (χ4n) is 0.214. The maximum Gasteiger partial charge on any atom is 0.303 e. The molecule has 0 aliphatic rings. The van der Waals surface area contributed by atoms with Crippen molar-refractivity contribution < 1.29 is 15.4 Å². The number of carbonyl (C=O) groups is 1. The zero-order chi connectivity index (χ0) is 4.99. The van der Waals surface area contributed by atoms with Crippen LogP contribution in [0, 0.1) is 0 Å². The molecule has 0 radical (unpaired) electrons. The van der Waals surface area contributed by atoms with Gasteiger partial charge in [-0.1, -0.05) is 6.92 Å². The van der Waals surface area contributed by atoms with Crippen molar-refractivity contribution in [1.29, 1.82) is 0 Å². The van der Waals surface area contributed by atoms with Crippen LogP contribution >= 0.6 is 0 Å². The Hall–Kier alpha value is -0.570. The van der Waals surface area contributed by atoms with Crippen LogP contribution in [-0.4, -0.2) is 16.6 Å². The van der Waals surface area contributed by atoms with Crippen LogP contribution < -0.4 is 0 Å². The number of aliphatic carboxylic acids is 1. The smallest absolute Gasteiger partial charge is 0.303 e. The normalized spacial score (nSPS) is 7.00. The van der Waals surface area contributed by atoms with Crippen LogP contribution in [0.3, 0.4) is 0 Å². The number of hydrogen-bond acceptors (Lipinski definition) is 1. The Balaban J connectivity index is 0. The van der Waals surface area contributed by atoms with E-state index in [1.165, 1.54) is 0 Å². The van der Waals surface area contributed by atoms with Crippen LogP contribution in [0.25, 0.3) is 0 Å². The molecule has 0 amide bonds. The lowest BCUT2D eigenvalue weighted by Gasteiger charge is -1.79. The van der Waals surface area contributed by atoms with Crippen LogP contribution in [0.1, 0.15) is 19.8 Å². The molecule has 0 aliphatic heterocycles. The Morgan fingerprint density at radius 3 is 2.14 bits per heavy atom. The minimum Gasteiger partial charge on any atom is -0.481 e. The van der Waals surface area contributed by atoms with E-state index in [0.29, 0.717) is 6.42 Å². The standard InChI is InChI=1S/C4H8O2.H2O/c1-2-3-4(5)6;/h2-3H2,1H3,(H,5,6);1H2. The first-order chi connectivity index (χ1) is 2.77. The number of carboxylic acids is 1. The zero-order valence-corrected chi connectivity index (χ0v) is 4.27. The first kappa shape index (κ1) is 9.66. The lowest BCUT2D eigenvalue weighted by molar-refractivity contribution is -0.137. The molecule has 0 saturated heterocycles. The molecule has 3 heteroatoms. The van der Waals surface area contributed by atoms with E-state index in [4.69, 9.17) is 5.11 Å². The van der Waals surface area contributed by atoms with Crippen molar-refractivity contribution in [2.45, 2.75) is 19.8 Å². The number of rotatable bonds is 2. The van der Waals surface area contributed by atoms with Crippen molar-refractivity contribution in [2.75, 3.05) is 0 Å². The van der Waals surface area contributed by atoms with E-state index in [2.05, 4.69) is 0 Å². The third-order valence-corrected chi connectivity index (χ3v) is 0.464. The minimum absolute atomic E-state index is 0. The first-order valence-corrected chi connectivity index (χ1v) is 1.99. The molecule has 0 aromatic carbocycles. The van der Waals surface area contributed by atoms with E-state index in [0.717, 1.165) is 6.42 Å². The number of carboxylic acid groups (broad SMARTS) is 1. The summed E-state index contributed by atoms with van der Waals surface area (Å²) in [5.74, 6) is -0.711. The maximum absolute atomic E-state index is 9.60. The summed E-state index contributed by atoms with van der Waals surface area (Å²) < 4.78 is 0. The van der Waals surface area contributed by atoms with Crippen molar-refractivity contribution in [1.82, 2.24) is 0 Å². The number of hydrogen-bond donors (Lipinski definition) is 1. The first-order valence-electron chi connectivity index (χ1n) is 1.99. The van der Waals surface area contributed by atoms with Gasteiger partial charge in [-0.25, -0.2) is 0 Å². The van der Waals surface area contributed by atoms with E-state index in [1.807, 2.05) is 6.92 Å². The molecule has 3 N–H and O–H groups in total. The second-order valence-electron chi connectivity index (χ2n) is 1.14. The van der Waals surface area contributed by atoms with Crippen molar-refractivity contribution in [3.63, 3.8) is 0 Å². The molecule has 0 unspecified atom stereocenters. The summed E-state index contributed by atoms with van der Waals surface area (Å²) in [4.78, 5) is 9.60. The molecule has 0 bridgehead atoms. The molecule has 0 atom stereocenters. The van der Waals surface area contributed by atoms with Crippen molar-refractivity contribution in [2.24, 2.45) is 0 Å². The van der Waals surface area contributed by atoms with Gasteiger partial charge in [-0.05, 0) is 6.42 Å². The fourth-order valence-corrected chi connectivity index (χ4v) is 0.214. The van der Waals surface area contributed by atoms with Crippen LogP contribution in [0.15, 0.2) is 0 Å². The van der Waals surface area contributed by atoms with E-state index >= 15 is 0 Å². The minimum atomic E-state index is -0.711. The Labute approximate surface area is 42.3 Å². The molecule has 0 rings (SSSR count). The molecule has 0 heterocycles. The van der Waals surface area contributed by atoms with E-state index in [9.17, 15) is 4.79 Å². The maximum atomic E-state index is 9.60. The van der Waals surface area contributed by atoms with Gasteiger partial charge in [0.25, 0.3) is 0 Å². The molecule has 0 spiro atoms. The van der Waals surface area contributed by atoms with Crippen LogP contribution in [0.2, 0.25) is 0 Å². The van der Waals surface area contributed by atoms with Gasteiger partial charge in [-0.2, -0.15) is 0 Å². The second-order valence-corrected chi connectivity index (χ2v) is 1.14. The molecule has 0 aliphatic carbocycles. The average Bonchev–Trinajstić information content (AvgIpc) is 1.35. The highest BCUT2D eigenvalue weighted by Crippen LogP contribution is 1.82. The van der Waals surface area contributed by atoms with E-state index < -0.39 is 5.97 Å². The van der Waals surface area contributed by atoms with Gasteiger partial charge in [0.2, 0.25) is 0 Å². The summed E-state index contributed by atoms with van der Waals surface area (Å²) in [5, 5.41) is 7.91. The van der Waals surface area contributed by atoms with Gasteiger partial charge in [0, 0.05) is 6.42 Å². The Morgan fingerprint density at radius 1 is 1.71 bits per heavy atom. The van der Waals surface area contributed by atoms with Crippen molar-refractivity contribution in [3.8, 4) is 0 Å². The Bertz CT molecular complexity index is 50.9. The van der Waals surface area contributed by atoms with Gasteiger partial charge in [0.1, 0.15) is 0 Å². The topological polar surface area (TPSA) is 68.8 Å². The molecule has 3 nitrogen and oxygen atoms in total. The highest BCUT2D eigenvalue weighted by Gasteiger charge is 1.87. The van der Waals surface area contributed by atoms with E-state index in [1.54, 1.807) is 0 Å². The summed E-state index contributed by atoms with van der Waals surface area (Å²) in [7, 11) is 0. The summed E-state index contributed by atoms with van der Waals surface area (Å²) in [6.45, 7) is 1.84. The van der Waals surface area contributed by atoms with Gasteiger partial charge in [0.15, 0.2) is 0 Å². The van der Waals surface area contributed by atoms with Gasteiger partial charge >= 0.3 is 5.97 Å². The lowest BCUT2D eigenvalue weighted by Crippen LogP contribution is -1.90. The molecule has 0 aromatic rings. The van der Waals surface area contributed by atoms with Gasteiger partial charge in [-0.3, -0.25) is 4.79 Å². The summed E-state index contributed by atoms with van der Waals surface area (Å²) in [6, 6.07) is 0. The summed E-state index contributed by atoms with van der Waals surface area (Å²) in [6.07, 6.45) is 1.02. The second kappa shape index (κ2) is 5.43. The predicted octanol–water partition coefficient (Wildman–Crippen LogP) is 0.0464. The molecule has 7 heavy (non-hydrogen) atoms. The third kappa shape index (κ3) is 10.8. The average molecular weight is 106 g/mol.